The van der Waals surface area contributed by atoms with Crippen LogP contribution in [-0.2, 0) is 25.7 Å². The quantitative estimate of drug-likeness (QED) is 0.439. The molecule has 1 aromatic carbocycles. The minimum atomic E-state index is -0.544. The normalized spacial score (nSPS) is 12.5. The molecular weight excluding hydrogens is 316 g/mol. The maximum Gasteiger partial charge on any atom is 0.309 e. The van der Waals surface area contributed by atoms with Gasteiger partial charge in [0.25, 0.3) is 0 Å². The van der Waals surface area contributed by atoms with Crippen LogP contribution in [-0.4, -0.2) is 17.5 Å². The monoisotopic (exact) mass is 348 g/mol. The Hall–Kier alpha value is -1.84. The lowest BCUT2D eigenvalue weighted by molar-refractivity contribution is -0.162. The van der Waals surface area contributed by atoms with Gasteiger partial charge in [-0.15, -0.1) is 0 Å². The highest BCUT2D eigenvalue weighted by molar-refractivity contribution is 5.80. The third kappa shape index (κ3) is 9.90. The molecule has 0 bridgehead atoms. The molecule has 0 amide bonds. The Labute approximate surface area is 151 Å². The van der Waals surface area contributed by atoms with E-state index in [0.717, 1.165) is 31.2 Å². The van der Waals surface area contributed by atoms with Crippen LogP contribution in [0.15, 0.2) is 30.3 Å². The third-order valence-corrected chi connectivity index (χ3v) is 3.80. The Balaban J connectivity index is 2.58. The first kappa shape index (κ1) is 21.2. The summed E-state index contributed by atoms with van der Waals surface area (Å²) in [7, 11) is 0. The average Bonchev–Trinajstić information content (AvgIpc) is 2.54. The van der Waals surface area contributed by atoms with Crippen molar-refractivity contribution >= 4 is 11.9 Å². The van der Waals surface area contributed by atoms with Crippen LogP contribution in [0.3, 0.4) is 0 Å². The van der Waals surface area contributed by atoms with Gasteiger partial charge in [-0.05, 0) is 32.8 Å². The number of esters is 2. The molecule has 0 spiro atoms. The fourth-order valence-electron chi connectivity index (χ4n) is 2.55. The summed E-state index contributed by atoms with van der Waals surface area (Å²) < 4.78 is 10.8. The maximum atomic E-state index is 12.5. The van der Waals surface area contributed by atoms with Gasteiger partial charge < -0.3 is 9.47 Å². The molecule has 1 aromatic rings. The predicted octanol–water partition coefficient (Wildman–Crippen LogP) is 5.05. The Bertz CT molecular complexity index is 516. The first-order valence-electron chi connectivity index (χ1n) is 9.24. The Kier molecular flexibility index (Phi) is 9.25. The second-order valence-electron chi connectivity index (χ2n) is 7.43. The van der Waals surface area contributed by atoms with Gasteiger partial charge in [-0.25, -0.2) is 0 Å². The minimum Gasteiger partial charge on any atom is -0.461 e. The number of hydrogen-bond donors (Lipinski definition) is 0. The van der Waals surface area contributed by atoms with E-state index >= 15 is 0 Å². The van der Waals surface area contributed by atoms with Gasteiger partial charge in [-0.3, -0.25) is 9.59 Å². The standard InChI is InChI=1S/C21H32O4/c1-5-6-7-11-14-18(15-19(22)25-21(2,3)4)20(23)24-16-17-12-9-8-10-13-17/h8-10,12-13,18H,5-7,11,14-16H2,1-4H3/t18-/m1/s1. The average molecular weight is 348 g/mol. The van der Waals surface area contributed by atoms with Crippen molar-refractivity contribution in [3.05, 3.63) is 35.9 Å². The van der Waals surface area contributed by atoms with Gasteiger partial charge in [0.2, 0.25) is 0 Å². The highest BCUT2D eigenvalue weighted by atomic mass is 16.6. The molecule has 0 N–H and O–H groups in total. The van der Waals surface area contributed by atoms with Gasteiger partial charge in [0.05, 0.1) is 12.3 Å². The molecule has 4 heteroatoms. The van der Waals surface area contributed by atoms with Crippen molar-refractivity contribution in [1.82, 2.24) is 0 Å². The van der Waals surface area contributed by atoms with Crippen LogP contribution in [0.4, 0.5) is 0 Å². The molecule has 0 heterocycles. The SMILES string of the molecule is CCCCCC[C@H](CC(=O)OC(C)(C)C)C(=O)OCc1ccccc1. The number of rotatable bonds is 10. The number of ether oxygens (including phenoxy) is 2. The van der Waals surface area contributed by atoms with Crippen molar-refractivity contribution in [2.24, 2.45) is 5.92 Å². The molecule has 0 saturated carbocycles. The van der Waals surface area contributed by atoms with Gasteiger partial charge in [0.15, 0.2) is 0 Å². The van der Waals surface area contributed by atoms with E-state index in [1.165, 1.54) is 0 Å². The van der Waals surface area contributed by atoms with E-state index in [-0.39, 0.29) is 25.0 Å². The number of unbranched alkanes of at least 4 members (excludes halogenated alkanes) is 3. The molecule has 140 valence electrons. The van der Waals surface area contributed by atoms with Crippen molar-refractivity contribution in [3.63, 3.8) is 0 Å². The molecule has 1 atom stereocenters. The Morgan fingerprint density at radius 1 is 1.04 bits per heavy atom. The summed E-state index contributed by atoms with van der Waals surface area (Å²) >= 11 is 0. The molecule has 0 aliphatic heterocycles. The zero-order chi connectivity index (χ0) is 18.7. The van der Waals surface area contributed by atoms with Crippen molar-refractivity contribution in [2.75, 3.05) is 0 Å². The number of carbonyl (C=O) groups is 2. The zero-order valence-corrected chi connectivity index (χ0v) is 16.0. The molecule has 0 aromatic heterocycles. The first-order valence-corrected chi connectivity index (χ1v) is 9.24. The fraction of sp³-hybridized carbons (Fsp3) is 0.619. The topological polar surface area (TPSA) is 52.6 Å². The second kappa shape index (κ2) is 10.9. The molecule has 0 fully saturated rings. The van der Waals surface area contributed by atoms with Gasteiger partial charge in [-0.1, -0.05) is 62.9 Å². The smallest absolute Gasteiger partial charge is 0.309 e. The molecule has 1 rings (SSSR count). The summed E-state index contributed by atoms with van der Waals surface area (Å²) in [6, 6.07) is 9.57. The second-order valence-corrected chi connectivity index (χ2v) is 7.43. The van der Waals surface area contributed by atoms with Crippen LogP contribution in [0, 0.1) is 5.92 Å². The van der Waals surface area contributed by atoms with Crippen LogP contribution in [0.25, 0.3) is 0 Å². The summed E-state index contributed by atoms with van der Waals surface area (Å²) in [5.74, 6) is -1.09. The van der Waals surface area contributed by atoms with Crippen LogP contribution in [0.5, 0.6) is 0 Å². The first-order chi connectivity index (χ1) is 11.8. The maximum absolute atomic E-state index is 12.5. The molecule has 25 heavy (non-hydrogen) atoms. The molecule has 0 unspecified atom stereocenters. The number of carbonyl (C=O) groups excluding carboxylic acids is 2. The molecule has 0 radical (unpaired) electrons. The lowest BCUT2D eigenvalue weighted by Crippen LogP contribution is -2.28. The van der Waals surface area contributed by atoms with Crippen molar-refractivity contribution in [2.45, 2.75) is 78.4 Å². The largest absolute Gasteiger partial charge is 0.461 e. The third-order valence-electron chi connectivity index (χ3n) is 3.80. The summed E-state index contributed by atoms with van der Waals surface area (Å²) in [5.41, 5.74) is 0.399. The van der Waals surface area contributed by atoms with E-state index in [1.54, 1.807) is 0 Å². The van der Waals surface area contributed by atoms with Crippen LogP contribution < -0.4 is 0 Å². The highest BCUT2D eigenvalue weighted by Crippen LogP contribution is 2.20. The summed E-state index contributed by atoms with van der Waals surface area (Å²) in [5, 5.41) is 0. The lowest BCUT2D eigenvalue weighted by atomic mass is 9.97. The molecule has 0 aliphatic rings. The number of hydrogen-bond acceptors (Lipinski definition) is 4. The van der Waals surface area contributed by atoms with Gasteiger partial charge in [0, 0.05) is 0 Å². The zero-order valence-electron chi connectivity index (χ0n) is 16.0. The van der Waals surface area contributed by atoms with Crippen molar-refractivity contribution < 1.29 is 19.1 Å². The summed E-state index contributed by atoms with van der Waals surface area (Å²) in [6.07, 6.45) is 4.99. The molecular formula is C21H32O4. The van der Waals surface area contributed by atoms with Gasteiger partial charge in [-0.2, -0.15) is 0 Å². The number of benzene rings is 1. The minimum absolute atomic E-state index is 0.0804. The molecule has 4 nitrogen and oxygen atoms in total. The lowest BCUT2D eigenvalue weighted by Gasteiger charge is -2.22. The fourth-order valence-corrected chi connectivity index (χ4v) is 2.55. The van der Waals surface area contributed by atoms with E-state index in [0.29, 0.717) is 6.42 Å². The van der Waals surface area contributed by atoms with Crippen LogP contribution >= 0.6 is 0 Å². The van der Waals surface area contributed by atoms with Gasteiger partial charge >= 0.3 is 11.9 Å². The van der Waals surface area contributed by atoms with Gasteiger partial charge in [0.1, 0.15) is 12.2 Å². The van der Waals surface area contributed by atoms with E-state index in [1.807, 2.05) is 51.1 Å². The summed E-state index contributed by atoms with van der Waals surface area (Å²) in [6.45, 7) is 7.87. The molecule has 0 aliphatic carbocycles. The van der Waals surface area contributed by atoms with E-state index in [2.05, 4.69) is 6.92 Å². The Morgan fingerprint density at radius 3 is 2.32 bits per heavy atom. The van der Waals surface area contributed by atoms with Crippen molar-refractivity contribution in [3.8, 4) is 0 Å². The van der Waals surface area contributed by atoms with E-state index in [9.17, 15) is 9.59 Å². The summed E-state index contributed by atoms with van der Waals surface area (Å²) in [4.78, 5) is 24.6. The van der Waals surface area contributed by atoms with Crippen molar-refractivity contribution in [1.29, 1.82) is 0 Å². The molecule has 0 saturated heterocycles. The van der Waals surface area contributed by atoms with E-state index in [4.69, 9.17) is 9.47 Å². The van der Waals surface area contributed by atoms with E-state index < -0.39 is 11.5 Å². The van der Waals surface area contributed by atoms with Crippen LogP contribution in [0.2, 0.25) is 0 Å². The predicted molar refractivity (Wildman–Crippen MR) is 98.9 cm³/mol. The highest BCUT2D eigenvalue weighted by Gasteiger charge is 2.26. The van der Waals surface area contributed by atoms with Crippen LogP contribution in [0.1, 0.15) is 71.8 Å². The Morgan fingerprint density at radius 2 is 1.72 bits per heavy atom.